The van der Waals surface area contributed by atoms with Crippen LogP contribution in [0, 0.1) is 6.92 Å². The highest BCUT2D eigenvalue weighted by Crippen LogP contribution is 2.36. The lowest BCUT2D eigenvalue weighted by Gasteiger charge is -2.23. The van der Waals surface area contributed by atoms with Crippen molar-refractivity contribution < 1.29 is 22.7 Å². The fourth-order valence-corrected chi connectivity index (χ4v) is 6.42. The fraction of sp³-hybridized carbons (Fsp3) is 0.364. The predicted molar refractivity (Wildman–Crippen MR) is 124 cm³/mol. The Bertz CT molecular complexity index is 1310. The summed E-state index contributed by atoms with van der Waals surface area (Å²) < 4.78 is 40.8. The molecule has 11 heteroatoms. The highest BCUT2D eigenvalue weighted by atomic mass is 35.5. The fourth-order valence-electron chi connectivity index (χ4n) is 3.91. The van der Waals surface area contributed by atoms with E-state index in [1.807, 2.05) is 29.8 Å². The molecule has 0 amide bonds. The van der Waals surface area contributed by atoms with E-state index in [2.05, 4.69) is 4.98 Å². The number of aromatic nitrogens is 2. The monoisotopic (exact) mass is 511 g/mol. The lowest BCUT2D eigenvalue weighted by molar-refractivity contribution is -0.146. The average Bonchev–Trinajstić information content (AvgIpc) is 3.40. The molecule has 0 aliphatic carbocycles. The van der Waals surface area contributed by atoms with Crippen molar-refractivity contribution in [3.63, 3.8) is 0 Å². The summed E-state index contributed by atoms with van der Waals surface area (Å²) >= 11 is 12.9. The number of benzene rings is 1. The van der Waals surface area contributed by atoms with Crippen molar-refractivity contribution in [1.82, 2.24) is 13.7 Å². The summed E-state index contributed by atoms with van der Waals surface area (Å²) in [4.78, 5) is 16.6. The number of rotatable bonds is 7. The van der Waals surface area contributed by atoms with E-state index < -0.39 is 22.0 Å². The molecule has 8 nitrogen and oxygen atoms in total. The van der Waals surface area contributed by atoms with Crippen molar-refractivity contribution >= 4 is 44.8 Å². The van der Waals surface area contributed by atoms with Crippen LogP contribution >= 0.6 is 23.2 Å². The zero-order chi connectivity index (χ0) is 23.8. The van der Waals surface area contributed by atoms with Gasteiger partial charge in [0.25, 0.3) is 0 Å². The molecule has 0 bridgehead atoms. The number of aryl methyl sites for hydroxylation is 1. The van der Waals surface area contributed by atoms with Crippen LogP contribution in [0.15, 0.2) is 41.6 Å². The summed E-state index contributed by atoms with van der Waals surface area (Å²) in [5, 5.41) is 0.234. The van der Waals surface area contributed by atoms with Crippen molar-refractivity contribution in [1.29, 1.82) is 0 Å². The molecule has 0 saturated carbocycles. The average molecular weight is 512 g/mol. The van der Waals surface area contributed by atoms with Crippen LogP contribution in [0.4, 0.5) is 0 Å². The first-order chi connectivity index (χ1) is 15.7. The first-order valence-corrected chi connectivity index (χ1v) is 12.7. The smallest absolute Gasteiger partial charge is 0.324 e. The van der Waals surface area contributed by atoms with E-state index in [0.29, 0.717) is 29.8 Å². The number of halogens is 2. The second-order valence-corrected chi connectivity index (χ2v) is 10.3. The largest absolute Gasteiger partial charge is 0.485 e. The van der Waals surface area contributed by atoms with Gasteiger partial charge in [-0.2, -0.15) is 4.31 Å². The maximum atomic E-state index is 13.4. The van der Waals surface area contributed by atoms with Crippen LogP contribution in [0.5, 0.6) is 5.75 Å². The molecule has 0 radical (unpaired) electrons. The maximum absolute atomic E-state index is 13.4. The molecule has 1 atom stereocenters. The van der Waals surface area contributed by atoms with Gasteiger partial charge in [0.05, 0.1) is 17.3 Å². The number of esters is 1. The highest BCUT2D eigenvalue weighted by Gasteiger charge is 2.41. The standard InChI is InChI=1S/C22H23Cl2N3O5S/c1-3-31-22(28)17-6-4-11-27(17)33(29,30)19-9-8-16(23)15(20(19)24)13-32-18-7-5-10-26-12-14(2)25-21(18)26/h5,7-10,12,17H,3-4,6,11,13H2,1-2H3/t17-/m0/s1. The van der Waals surface area contributed by atoms with Gasteiger partial charge in [-0.3, -0.25) is 4.79 Å². The van der Waals surface area contributed by atoms with E-state index >= 15 is 0 Å². The lowest BCUT2D eigenvalue weighted by atomic mass is 10.2. The van der Waals surface area contributed by atoms with Crippen molar-refractivity contribution in [2.24, 2.45) is 0 Å². The van der Waals surface area contributed by atoms with Gasteiger partial charge in [0, 0.05) is 29.5 Å². The molecule has 1 aliphatic rings. The molecule has 0 spiro atoms. The number of fused-ring (bicyclic) bond motifs is 1. The summed E-state index contributed by atoms with van der Waals surface area (Å²) in [6, 6.07) is 5.52. The first kappa shape index (κ1) is 23.8. The number of hydrogen-bond donors (Lipinski definition) is 0. The van der Waals surface area contributed by atoms with Gasteiger partial charge < -0.3 is 13.9 Å². The Kier molecular flexibility index (Phi) is 6.86. The van der Waals surface area contributed by atoms with Crippen LogP contribution in [0.1, 0.15) is 31.0 Å². The SMILES string of the molecule is CCOC(=O)[C@@H]1CCCN1S(=O)(=O)c1ccc(Cl)c(COc2cccn3cc(C)nc23)c1Cl. The van der Waals surface area contributed by atoms with Crippen LogP contribution in [0.3, 0.4) is 0 Å². The summed E-state index contributed by atoms with van der Waals surface area (Å²) in [5.41, 5.74) is 1.79. The molecular formula is C22H23Cl2N3O5S. The molecule has 1 saturated heterocycles. The van der Waals surface area contributed by atoms with Crippen molar-refractivity contribution in [3.8, 4) is 5.75 Å². The number of imidazole rings is 1. The third-order valence-electron chi connectivity index (χ3n) is 5.44. The molecular weight excluding hydrogens is 489 g/mol. The molecule has 1 aliphatic heterocycles. The van der Waals surface area contributed by atoms with Gasteiger partial charge in [-0.25, -0.2) is 13.4 Å². The normalized spacial score (nSPS) is 16.9. The summed E-state index contributed by atoms with van der Waals surface area (Å²) in [6.45, 7) is 3.88. The van der Waals surface area contributed by atoms with Crippen LogP contribution in [-0.2, 0) is 26.2 Å². The van der Waals surface area contributed by atoms with E-state index in [0.717, 1.165) is 10.00 Å². The number of carbonyl (C=O) groups excluding carboxylic acids is 1. The van der Waals surface area contributed by atoms with Crippen molar-refractivity contribution in [3.05, 3.63) is 58.0 Å². The van der Waals surface area contributed by atoms with Gasteiger partial charge in [0.15, 0.2) is 11.4 Å². The van der Waals surface area contributed by atoms with E-state index in [9.17, 15) is 13.2 Å². The summed E-state index contributed by atoms with van der Waals surface area (Å²) in [7, 11) is -4.07. The van der Waals surface area contributed by atoms with E-state index in [-0.39, 0.29) is 34.7 Å². The Morgan fingerprint density at radius 2 is 2.06 bits per heavy atom. The van der Waals surface area contributed by atoms with Crippen molar-refractivity contribution in [2.45, 2.75) is 44.2 Å². The van der Waals surface area contributed by atoms with Gasteiger partial charge in [-0.15, -0.1) is 0 Å². The first-order valence-electron chi connectivity index (χ1n) is 10.5. The minimum atomic E-state index is -4.07. The van der Waals surface area contributed by atoms with E-state index in [4.69, 9.17) is 32.7 Å². The Morgan fingerprint density at radius 3 is 2.82 bits per heavy atom. The Labute approximate surface area is 202 Å². The molecule has 2 aromatic heterocycles. The Morgan fingerprint density at radius 1 is 1.27 bits per heavy atom. The lowest BCUT2D eigenvalue weighted by Crippen LogP contribution is -2.41. The number of pyridine rings is 1. The molecule has 4 rings (SSSR count). The minimum Gasteiger partial charge on any atom is -0.485 e. The number of carbonyl (C=O) groups is 1. The van der Waals surface area contributed by atoms with Crippen LogP contribution in [0.2, 0.25) is 10.0 Å². The highest BCUT2D eigenvalue weighted by molar-refractivity contribution is 7.89. The second kappa shape index (κ2) is 9.50. The van der Waals surface area contributed by atoms with Crippen LogP contribution < -0.4 is 4.74 Å². The Balaban J connectivity index is 1.64. The predicted octanol–water partition coefficient (Wildman–Crippen LogP) is 4.24. The molecule has 3 aromatic rings. The van der Waals surface area contributed by atoms with Crippen LogP contribution in [-0.4, -0.2) is 47.3 Å². The topological polar surface area (TPSA) is 90.2 Å². The summed E-state index contributed by atoms with van der Waals surface area (Å²) in [6.07, 6.45) is 4.67. The second-order valence-electron chi connectivity index (χ2n) is 7.64. The van der Waals surface area contributed by atoms with Crippen molar-refractivity contribution in [2.75, 3.05) is 13.2 Å². The zero-order valence-electron chi connectivity index (χ0n) is 18.1. The number of nitrogens with zero attached hydrogens (tertiary/aromatic N) is 3. The number of hydrogen-bond acceptors (Lipinski definition) is 6. The van der Waals surface area contributed by atoms with Gasteiger partial charge in [0.2, 0.25) is 10.0 Å². The molecule has 3 heterocycles. The van der Waals surface area contributed by atoms with Gasteiger partial charge >= 0.3 is 5.97 Å². The van der Waals surface area contributed by atoms with Crippen LogP contribution in [0.25, 0.3) is 5.65 Å². The van der Waals surface area contributed by atoms with Gasteiger partial charge in [-0.05, 0) is 51.0 Å². The Hall–Kier alpha value is -2.33. The number of ether oxygens (including phenoxy) is 2. The minimum absolute atomic E-state index is 0.0384. The number of sulfonamides is 1. The van der Waals surface area contributed by atoms with E-state index in [1.54, 1.807) is 13.0 Å². The third-order valence-corrected chi connectivity index (χ3v) is 8.29. The van der Waals surface area contributed by atoms with Gasteiger partial charge in [-0.1, -0.05) is 23.2 Å². The summed E-state index contributed by atoms with van der Waals surface area (Å²) in [5.74, 6) is -0.0526. The zero-order valence-corrected chi connectivity index (χ0v) is 20.5. The molecule has 33 heavy (non-hydrogen) atoms. The molecule has 1 aromatic carbocycles. The molecule has 176 valence electrons. The molecule has 1 fully saturated rings. The molecule has 0 N–H and O–H groups in total. The third kappa shape index (κ3) is 4.55. The maximum Gasteiger partial charge on any atom is 0.324 e. The van der Waals surface area contributed by atoms with E-state index in [1.165, 1.54) is 12.1 Å². The quantitative estimate of drug-likeness (QED) is 0.440. The molecule has 0 unspecified atom stereocenters. The van der Waals surface area contributed by atoms with Gasteiger partial charge in [0.1, 0.15) is 17.5 Å².